The van der Waals surface area contributed by atoms with Gasteiger partial charge < -0.3 is 4.90 Å². The molecule has 128 valence electrons. The Hall–Kier alpha value is -0.910. The number of rotatable bonds is 4. The molecule has 1 aromatic carbocycles. The van der Waals surface area contributed by atoms with Crippen molar-refractivity contribution in [2.75, 3.05) is 33.7 Å². The molecule has 1 saturated carbocycles. The highest BCUT2D eigenvalue weighted by Gasteiger charge is 2.50. The highest BCUT2D eigenvalue weighted by molar-refractivity contribution is 7.89. The molecule has 0 N–H and O–H groups in total. The van der Waals surface area contributed by atoms with Gasteiger partial charge in [-0.3, -0.25) is 0 Å². The number of hydrogen-bond acceptors (Lipinski definition) is 3. The molecule has 1 saturated heterocycles. The van der Waals surface area contributed by atoms with E-state index in [9.17, 15) is 8.42 Å². The van der Waals surface area contributed by atoms with Crippen LogP contribution in [0.1, 0.15) is 32.1 Å². The molecule has 0 aromatic heterocycles. The van der Waals surface area contributed by atoms with Crippen molar-refractivity contribution in [2.45, 2.75) is 37.0 Å². The van der Waals surface area contributed by atoms with Crippen LogP contribution >= 0.6 is 0 Å². The lowest BCUT2D eigenvalue weighted by Gasteiger charge is -2.39. The molecule has 1 heterocycles. The summed E-state index contributed by atoms with van der Waals surface area (Å²) in [6.07, 6.45) is 6.12. The van der Waals surface area contributed by atoms with Crippen molar-refractivity contribution < 1.29 is 8.42 Å². The summed E-state index contributed by atoms with van der Waals surface area (Å²) in [5.74, 6) is 0.441. The Kier molecular flexibility index (Phi) is 4.81. The van der Waals surface area contributed by atoms with Gasteiger partial charge in [-0.25, -0.2) is 8.42 Å². The minimum atomic E-state index is -3.37. The SMILES string of the molecule is CN(C)CC1CN(S(=O)(=O)c2ccccc2)CC12CCCCC2. The maximum absolute atomic E-state index is 13.0. The topological polar surface area (TPSA) is 40.6 Å². The number of hydrogen-bond donors (Lipinski definition) is 0. The van der Waals surface area contributed by atoms with Crippen LogP contribution in [0.25, 0.3) is 0 Å². The van der Waals surface area contributed by atoms with Gasteiger partial charge in [0, 0.05) is 19.6 Å². The second-order valence-corrected chi connectivity index (χ2v) is 9.43. The zero-order valence-electron chi connectivity index (χ0n) is 14.2. The van der Waals surface area contributed by atoms with Gasteiger partial charge in [0.15, 0.2) is 0 Å². The normalized spacial score (nSPS) is 25.3. The fourth-order valence-corrected chi connectivity index (χ4v) is 6.03. The summed E-state index contributed by atoms with van der Waals surface area (Å²) >= 11 is 0. The Morgan fingerprint density at radius 1 is 1.13 bits per heavy atom. The molecule has 4 nitrogen and oxygen atoms in total. The molecule has 23 heavy (non-hydrogen) atoms. The van der Waals surface area contributed by atoms with Crippen LogP contribution in [-0.4, -0.2) is 51.4 Å². The van der Waals surface area contributed by atoms with Gasteiger partial charge in [0.05, 0.1) is 4.90 Å². The molecule has 1 aliphatic heterocycles. The van der Waals surface area contributed by atoms with Crippen molar-refractivity contribution in [3.8, 4) is 0 Å². The Morgan fingerprint density at radius 2 is 1.78 bits per heavy atom. The van der Waals surface area contributed by atoms with E-state index >= 15 is 0 Å². The molecule has 3 rings (SSSR count). The second-order valence-electron chi connectivity index (χ2n) is 7.49. The zero-order chi connectivity index (χ0) is 16.5. The minimum Gasteiger partial charge on any atom is -0.309 e. The Morgan fingerprint density at radius 3 is 2.39 bits per heavy atom. The molecule has 0 bridgehead atoms. The lowest BCUT2D eigenvalue weighted by Crippen LogP contribution is -2.38. The molecule has 1 aromatic rings. The molecule has 0 amide bonds. The van der Waals surface area contributed by atoms with Gasteiger partial charge in [0.2, 0.25) is 10.0 Å². The third kappa shape index (κ3) is 3.32. The molecule has 1 aliphatic carbocycles. The molecule has 1 spiro atoms. The highest BCUT2D eigenvalue weighted by Crippen LogP contribution is 2.48. The lowest BCUT2D eigenvalue weighted by atomic mass is 9.67. The predicted octanol–water partition coefficient (Wildman–Crippen LogP) is 2.82. The van der Waals surface area contributed by atoms with E-state index in [-0.39, 0.29) is 5.41 Å². The maximum Gasteiger partial charge on any atom is 0.243 e. The summed E-state index contributed by atoms with van der Waals surface area (Å²) in [4.78, 5) is 2.64. The average molecular weight is 337 g/mol. The largest absolute Gasteiger partial charge is 0.309 e. The summed E-state index contributed by atoms with van der Waals surface area (Å²) in [5.41, 5.74) is 0.185. The fourth-order valence-electron chi connectivity index (χ4n) is 4.42. The monoisotopic (exact) mass is 336 g/mol. The van der Waals surface area contributed by atoms with E-state index in [1.54, 1.807) is 28.6 Å². The van der Waals surface area contributed by atoms with Gasteiger partial charge in [0.25, 0.3) is 0 Å². The van der Waals surface area contributed by atoms with Crippen molar-refractivity contribution in [1.82, 2.24) is 9.21 Å². The van der Waals surface area contributed by atoms with E-state index in [4.69, 9.17) is 0 Å². The molecule has 2 fully saturated rings. The van der Waals surface area contributed by atoms with Crippen LogP contribution < -0.4 is 0 Å². The molecule has 2 aliphatic rings. The number of benzene rings is 1. The van der Waals surface area contributed by atoms with Gasteiger partial charge >= 0.3 is 0 Å². The first kappa shape index (κ1) is 16.9. The first-order valence-electron chi connectivity index (χ1n) is 8.64. The summed E-state index contributed by atoms with van der Waals surface area (Å²) in [7, 11) is 0.808. The molecule has 5 heteroatoms. The Balaban J connectivity index is 1.88. The van der Waals surface area contributed by atoms with Crippen LogP contribution in [0.3, 0.4) is 0 Å². The predicted molar refractivity (Wildman–Crippen MR) is 92.8 cm³/mol. The quantitative estimate of drug-likeness (QED) is 0.849. The van der Waals surface area contributed by atoms with Crippen molar-refractivity contribution in [3.05, 3.63) is 30.3 Å². The zero-order valence-corrected chi connectivity index (χ0v) is 15.1. The smallest absolute Gasteiger partial charge is 0.243 e. The Bertz CT molecular complexity index is 622. The van der Waals surface area contributed by atoms with Crippen LogP contribution in [0.15, 0.2) is 35.2 Å². The number of sulfonamides is 1. The summed E-state index contributed by atoms with van der Waals surface area (Å²) in [5, 5.41) is 0. The van der Waals surface area contributed by atoms with Gasteiger partial charge in [0.1, 0.15) is 0 Å². The van der Waals surface area contributed by atoms with Crippen LogP contribution in [0.2, 0.25) is 0 Å². The van der Waals surface area contributed by atoms with Crippen LogP contribution in [0, 0.1) is 11.3 Å². The van der Waals surface area contributed by atoms with Gasteiger partial charge in [-0.15, -0.1) is 0 Å². The molecule has 1 unspecified atom stereocenters. The molecule has 0 radical (unpaired) electrons. The first-order valence-corrected chi connectivity index (χ1v) is 10.1. The van der Waals surface area contributed by atoms with E-state index in [2.05, 4.69) is 19.0 Å². The second kappa shape index (κ2) is 6.54. The summed E-state index contributed by atoms with van der Waals surface area (Å²) < 4.78 is 27.8. The van der Waals surface area contributed by atoms with Crippen molar-refractivity contribution >= 4 is 10.0 Å². The molecular weight excluding hydrogens is 308 g/mol. The van der Waals surface area contributed by atoms with E-state index in [0.717, 1.165) is 6.54 Å². The van der Waals surface area contributed by atoms with Crippen molar-refractivity contribution in [3.63, 3.8) is 0 Å². The highest BCUT2D eigenvalue weighted by atomic mass is 32.2. The average Bonchev–Trinajstić information content (AvgIpc) is 2.87. The van der Waals surface area contributed by atoms with Gasteiger partial charge in [-0.05, 0) is 50.4 Å². The van der Waals surface area contributed by atoms with E-state index in [1.165, 1.54) is 32.1 Å². The van der Waals surface area contributed by atoms with E-state index < -0.39 is 10.0 Å². The summed E-state index contributed by atoms with van der Waals surface area (Å²) in [6.45, 7) is 2.33. The molecule has 1 atom stereocenters. The van der Waals surface area contributed by atoms with Crippen LogP contribution in [0.5, 0.6) is 0 Å². The van der Waals surface area contributed by atoms with Crippen LogP contribution in [-0.2, 0) is 10.0 Å². The molecular formula is C18H28N2O2S. The van der Waals surface area contributed by atoms with Gasteiger partial charge in [-0.1, -0.05) is 37.5 Å². The van der Waals surface area contributed by atoms with Crippen LogP contribution in [0.4, 0.5) is 0 Å². The third-order valence-corrected chi connectivity index (χ3v) is 7.42. The first-order chi connectivity index (χ1) is 10.9. The van der Waals surface area contributed by atoms with Gasteiger partial charge in [-0.2, -0.15) is 4.31 Å². The van der Waals surface area contributed by atoms with E-state index in [0.29, 0.717) is 23.9 Å². The van der Waals surface area contributed by atoms with Crippen molar-refractivity contribution in [1.29, 1.82) is 0 Å². The van der Waals surface area contributed by atoms with Crippen molar-refractivity contribution in [2.24, 2.45) is 11.3 Å². The fraction of sp³-hybridized carbons (Fsp3) is 0.667. The maximum atomic E-state index is 13.0. The lowest BCUT2D eigenvalue weighted by molar-refractivity contribution is 0.122. The standard InChI is InChI=1S/C18H28N2O2S/c1-19(2)13-16-14-20(15-18(16)11-7-4-8-12-18)23(21,22)17-9-5-3-6-10-17/h3,5-6,9-10,16H,4,7-8,11-15H2,1-2H3. The minimum absolute atomic E-state index is 0.185. The summed E-state index contributed by atoms with van der Waals surface area (Å²) in [6, 6.07) is 8.89. The third-order valence-electron chi connectivity index (χ3n) is 5.60. The number of nitrogens with zero attached hydrogens (tertiary/aromatic N) is 2. The Labute approximate surface area is 140 Å². The van der Waals surface area contributed by atoms with E-state index in [1.807, 2.05) is 6.07 Å².